The molecule has 136 valence electrons. The van der Waals surface area contributed by atoms with Crippen LogP contribution in [0.5, 0.6) is 0 Å². The lowest BCUT2D eigenvalue weighted by molar-refractivity contribution is -0.384. The molecule has 0 atom stereocenters. The minimum Gasteiger partial charge on any atom is -0.267 e. The van der Waals surface area contributed by atoms with E-state index in [2.05, 4.69) is 5.43 Å². The Balaban J connectivity index is 1.74. The van der Waals surface area contributed by atoms with Gasteiger partial charge in [0.25, 0.3) is 17.5 Å². The van der Waals surface area contributed by atoms with Crippen LogP contribution >= 0.6 is 24.0 Å². The summed E-state index contributed by atoms with van der Waals surface area (Å²) < 4.78 is 0.202. The minimum absolute atomic E-state index is 0.127. The quantitative estimate of drug-likeness (QED) is 0.366. The standard InChI is InChI=1S/C18H13N3O4S2/c1-11-2-4-12(5-3-11)10-15-17(23)20(18(26)27-15)19-16(22)13-6-8-14(9-7-13)21(24)25/h2-10H,1H3,(H,19,22)/b15-10+. The maximum Gasteiger partial charge on any atom is 0.285 e. The van der Waals surface area contributed by atoms with E-state index in [0.717, 1.165) is 27.9 Å². The Morgan fingerprint density at radius 1 is 1.19 bits per heavy atom. The predicted octanol–water partition coefficient (Wildman–Crippen LogP) is 3.45. The van der Waals surface area contributed by atoms with Crippen molar-refractivity contribution in [2.45, 2.75) is 6.92 Å². The summed E-state index contributed by atoms with van der Waals surface area (Å²) in [4.78, 5) is 35.4. The molecule has 0 unspecified atom stereocenters. The van der Waals surface area contributed by atoms with Crippen molar-refractivity contribution >= 4 is 51.9 Å². The van der Waals surface area contributed by atoms with Gasteiger partial charge in [-0.2, -0.15) is 5.01 Å². The van der Waals surface area contributed by atoms with Crippen molar-refractivity contribution in [3.8, 4) is 0 Å². The first-order valence-corrected chi connectivity index (χ1v) is 8.98. The number of rotatable bonds is 4. The van der Waals surface area contributed by atoms with Crippen LogP contribution in [0.1, 0.15) is 21.5 Å². The molecule has 0 radical (unpaired) electrons. The van der Waals surface area contributed by atoms with Crippen molar-refractivity contribution in [2.24, 2.45) is 0 Å². The Labute approximate surface area is 164 Å². The maximum absolute atomic E-state index is 12.5. The van der Waals surface area contributed by atoms with Crippen LogP contribution in [-0.2, 0) is 4.79 Å². The highest BCUT2D eigenvalue weighted by Crippen LogP contribution is 2.31. The van der Waals surface area contributed by atoms with E-state index in [9.17, 15) is 19.7 Å². The molecular weight excluding hydrogens is 386 g/mol. The SMILES string of the molecule is Cc1ccc(/C=C2/SC(=S)N(NC(=O)c3ccc([N+](=O)[O-])cc3)C2=O)cc1. The minimum atomic E-state index is -0.585. The lowest BCUT2D eigenvalue weighted by atomic mass is 10.1. The molecule has 27 heavy (non-hydrogen) atoms. The Morgan fingerprint density at radius 2 is 1.81 bits per heavy atom. The molecule has 0 bridgehead atoms. The molecule has 1 N–H and O–H groups in total. The fourth-order valence-electron chi connectivity index (χ4n) is 2.28. The first-order valence-electron chi connectivity index (χ1n) is 7.75. The number of non-ortho nitro benzene ring substituents is 1. The summed E-state index contributed by atoms with van der Waals surface area (Å²) in [5, 5.41) is 11.7. The van der Waals surface area contributed by atoms with Crippen LogP contribution in [-0.4, -0.2) is 26.1 Å². The highest BCUT2D eigenvalue weighted by Gasteiger charge is 2.33. The number of hydrazine groups is 1. The van der Waals surface area contributed by atoms with Gasteiger partial charge in [0.05, 0.1) is 9.83 Å². The number of nitro benzene ring substituents is 1. The number of nitro groups is 1. The molecule has 1 aliphatic rings. The van der Waals surface area contributed by atoms with Crippen molar-refractivity contribution in [1.29, 1.82) is 0 Å². The van der Waals surface area contributed by atoms with E-state index in [1.165, 1.54) is 24.3 Å². The van der Waals surface area contributed by atoms with E-state index >= 15 is 0 Å². The third-order valence-electron chi connectivity index (χ3n) is 3.72. The van der Waals surface area contributed by atoms with Gasteiger partial charge < -0.3 is 0 Å². The van der Waals surface area contributed by atoms with Crippen LogP contribution in [0.4, 0.5) is 5.69 Å². The fourth-order valence-corrected chi connectivity index (χ4v) is 3.46. The largest absolute Gasteiger partial charge is 0.285 e. The van der Waals surface area contributed by atoms with E-state index in [1.54, 1.807) is 6.08 Å². The van der Waals surface area contributed by atoms with Gasteiger partial charge in [-0.15, -0.1) is 0 Å². The van der Waals surface area contributed by atoms with Gasteiger partial charge in [0, 0.05) is 17.7 Å². The molecule has 2 amide bonds. The van der Waals surface area contributed by atoms with E-state index in [4.69, 9.17) is 12.2 Å². The van der Waals surface area contributed by atoms with Crippen molar-refractivity contribution in [3.63, 3.8) is 0 Å². The number of nitrogens with zero attached hydrogens (tertiary/aromatic N) is 2. The molecule has 0 aliphatic carbocycles. The number of nitrogens with one attached hydrogen (secondary N) is 1. The topological polar surface area (TPSA) is 92.6 Å². The summed E-state index contributed by atoms with van der Waals surface area (Å²) in [5.41, 5.74) is 4.45. The Morgan fingerprint density at radius 3 is 2.41 bits per heavy atom. The average molecular weight is 399 g/mol. The smallest absolute Gasteiger partial charge is 0.267 e. The highest BCUT2D eigenvalue weighted by atomic mass is 32.2. The summed E-state index contributed by atoms with van der Waals surface area (Å²) in [6, 6.07) is 12.7. The molecule has 1 aliphatic heterocycles. The number of benzene rings is 2. The number of aryl methyl sites for hydroxylation is 1. The molecule has 9 heteroatoms. The number of thiocarbonyl (C=S) groups is 1. The zero-order chi connectivity index (χ0) is 19.6. The lowest BCUT2D eigenvalue weighted by Crippen LogP contribution is -2.44. The van der Waals surface area contributed by atoms with Crippen LogP contribution in [0.3, 0.4) is 0 Å². The van der Waals surface area contributed by atoms with Gasteiger partial charge in [0.15, 0.2) is 4.32 Å². The van der Waals surface area contributed by atoms with Gasteiger partial charge in [0.1, 0.15) is 0 Å². The van der Waals surface area contributed by atoms with Crippen LogP contribution in [0, 0.1) is 17.0 Å². The van der Waals surface area contributed by atoms with Gasteiger partial charge in [-0.25, -0.2) is 0 Å². The number of amides is 2. The Hall–Kier alpha value is -3.04. The summed E-state index contributed by atoms with van der Waals surface area (Å²) in [6.45, 7) is 1.97. The molecule has 1 saturated heterocycles. The third-order valence-corrected chi connectivity index (χ3v) is 5.02. The molecule has 3 rings (SSSR count). The Kier molecular flexibility index (Phi) is 5.33. The molecule has 1 fully saturated rings. The van der Waals surface area contributed by atoms with Crippen LogP contribution in [0.15, 0.2) is 53.4 Å². The second-order valence-electron chi connectivity index (χ2n) is 5.67. The first kappa shape index (κ1) is 18.7. The molecule has 2 aromatic carbocycles. The summed E-state index contributed by atoms with van der Waals surface area (Å²) in [7, 11) is 0. The molecule has 7 nitrogen and oxygen atoms in total. The average Bonchev–Trinajstić information content (AvgIpc) is 2.91. The number of thioether (sulfide) groups is 1. The van der Waals surface area contributed by atoms with Crippen molar-refractivity contribution in [1.82, 2.24) is 10.4 Å². The number of hydrogen-bond acceptors (Lipinski definition) is 6. The van der Waals surface area contributed by atoms with Crippen LogP contribution in [0.25, 0.3) is 6.08 Å². The molecule has 2 aromatic rings. The number of carbonyl (C=O) groups is 2. The number of carbonyl (C=O) groups excluding carboxylic acids is 2. The molecule has 0 aromatic heterocycles. The zero-order valence-corrected chi connectivity index (χ0v) is 15.7. The second-order valence-corrected chi connectivity index (χ2v) is 7.35. The lowest BCUT2D eigenvalue weighted by Gasteiger charge is -2.15. The van der Waals surface area contributed by atoms with E-state index in [-0.39, 0.29) is 15.6 Å². The van der Waals surface area contributed by atoms with Gasteiger partial charge in [-0.3, -0.25) is 25.1 Å². The van der Waals surface area contributed by atoms with Crippen molar-refractivity contribution in [2.75, 3.05) is 0 Å². The van der Waals surface area contributed by atoms with Gasteiger partial charge >= 0.3 is 0 Å². The van der Waals surface area contributed by atoms with Gasteiger partial charge in [-0.05, 0) is 42.9 Å². The van der Waals surface area contributed by atoms with E-state index in [1.807, 2.05) is 31.2 Å². The Bertz CT molecular complexity index is 969. The molecule has 0 spiro atoms. The van der Waals surface area contributed by atoms with E-state index < -0.39 is 16.7 Å². The third kappa shape index (κ3) is 4.21. The maximum atomic E-state index is 12.5. The second kappa shape index (κ2) is 7.68. The monoisotopic (exact) mass is 399 g/mol. The zero-order valence-electron chi connectivity index (χ0n) is 14.0. The van der Waals surface area contributed by atoms with Gasteiger partial charge in [-0.1, -0.05) is 41.6 Å². The summed E-state index contributed by atoms with van der Waals surface area (Å²) >= 11 is 6.27. The summed E-state index contributed by atoms with van der Waals surface area (Å²) in [5.74, 6) is -1.02. The molecular formula is C18H13N3O4S2. The van der Waals surface area contributed by atoms with Crippen molar-refractivity contribution in [3.05, 3.63) is 80.2 Å². The predicted molar refractivity (Wildman–Crippen MR) is 107 cm³/mol. The highest BCUT2D eigenvalue weighted by molar-refractivity contribution is 8.26. The van der Waals surface area contributed by atoms with Gasteiger partial charge in [0.2, 0.25) is 0 Å². The van der Waals surface area contributed by atoms with Crippen LogP contribution < -0.4 is 5.43 Å². The first-order chi connectivity index (χ1) is 12.8. The summed E-state index contributed by atoms with van der Waals surface area (Å²) in [6.07, 6.45) is 1.71. The van der Waals surface area contributed by atoms with Crippen LogP contribution in [0.2, 0.25) is 0 Å². The van der Waals surface area contributed by atoms with E-state index in [0.29, 0.717) is 4.91 Å². The number of hydrogen-bond donors (Lipinski definition) is 1. The normalized spacial score (nSPS) is 15.3. The molecule has 0 saturated carbocycles. The molecule has 1 heterocycles. The van der Waals surface area contributed by atoms with Crippen molar-refractivity contribution < 1.29 is 14.5 Å². The fraction of sp³-hybridized carbons (Fsp3) is 0.0556.